The first-order chi connectivity index (χ1) is 35.6. The summed E-state index contributed by atoms with van der Waals surface area (Å²) < 4.78 is 35.7. The standard InChI is InChI=1S/C68H44F2N2/c69-60-43-50(45-21-7-1-8-22-45)41-58(47-25-11-3-12-26-47)67(60)71(52-29-15-5-16-30-52)62-40-38-56-54-33-19-20-34-55(54)66-63(39-36-49-35-37-57(62)65(56)64(49)66)72(53-31-17-6-18-32-53)68-59(48-27-13-4-14-28-48)42-51(44-61(68)70)46-23-9-2-10-24-46/h1-44H. The van der Waals surface area contributed by atoms with Crippen LogP contribution in [0.15, 0.2) is 267 Å². The molecule has 0 aliphatic rings. The van der Waals surface area contributed by atoms with Gasteiger partial charge in [-0.25, -0.2) is 8.78 Å². The number of hydrogen-bond acceptors (Lipinski definition) is 2. The number of hydrogen-bond donors (Lipinski definition) is 0. The second-order valence-corrected chi connectivity index (χ2v) is 18.2. The lowest BCUT2D eigenvalue weighted by Gasteiger charge is -2.32. The van der Waals surface area contributed by atoms with Gasteiger partial charge in [-0.05, 0) is 116 Å². The molecule has 0 aromatic heterocycles. The molecule has 4 heteroatoms. The topological polar surface area (TPSA) is 6.48 Å². The van der Waals surface area contributed by atoms with Gasteiger partial charge in [-0.2, -0.15) is 0 Å². The summed E-state index contributed by atoms with van der Waals surface area (Å²) in [6.07, 6.45) is 0. The molecular weight excluding hydrogens is 883 g/mol. The van der Waals surface area contributed by atoms with Crippen LogP contribution in [-0.2, 0) is 0 Å². The molecule has 2 nitrogen and oxygen atoms in total. The fourth-order valence-corrected chi connectivity index (χ4v) is 10.9. The van der Waals surface area contributed by atoms with Gasteiger partial charge in [0.05, 0.1) is 22.7 Å². The largest absolute Gasteiger partial charge is 0.307 e. The van der Waals surface area contributed by atoms with Crippen LogP contribution < -0.4 is 9.80 Å². The van der Waals surface area contributed by atoms with Gasteiger partial charge in [0.1, 0.15) is 11.6 Å². The van der Waals surface area contributed by atoms with E-state index in [0.717, 1.165) is 110 Å². The molecule has 0 N–H and O–H groups in total. The third-order valence-corrected chi connectivity index (χ3v) is 14.1. The lowest BCUT2D eigenvalue weighted by molar-refractivity contribution is 0.629. The van der Waals surface area contributed by atoms with Crippen LogP contribution in [0.2, 0.25) is 0 Å². The van der Waals surface area contributed by atoms with E-state index in [1.165, 1.54) is 0 Å². The third-order valence-electron chi connectivity index (χ3n) is 14.1. The van der Waals surface area contributed by atoms with Gasteiger partial charge in [0, 0.05) is 44.0 Å². The molecule has 0 aliphatic heterocycles. The highest BCUT2D eigenvalue weighted by molar-refractivity contribution is 6.37. The van der Waals surface area contributed by atoms with Gasteiger partial charge < -0.3 is 9.80 Å². The predicted molar refractivity (Wildman–Crippen MR) is 299 cm³/mol. The highest BCUT2D eigenvalue weighted by Crippen LogP contribution is 2.53. The second-order valence-electron chi connectivity index (χ2n) is 18.2. The summed E-state index contributed by atoms with van der Waals surface area (Å²) in [6.45, 7) is 0. The summed E-state index contributed by atoms with van der Waals surface area (Å²) in [5, 5.41) is 8.25. The molecule has 0 spiro atoms. The Bertz CT molecular complexity index is 4090. The van der Waals surface area contributed by atoms with Crippen LogP contribution in [0.25, 0.3) is 87.6 Å². The summed E-state index contributed by atoms with van der Waals surface area (Å²) in [5.41, 5.74) is 11.0. The molecule has 13 aromatic rings. The molecule has 0 atom stereocenters. The zero-order chi connectivity index (χ0) is 48.1. The molecule has 0 radical (unpaired) electrons. The van der Waals surface area contributed by atoms with Crippen LogP contribution in [0, 0.1) is 11.6 Å². The van der Waals surface area contributed by atoms with E-state index in [-0.39, 0.29) is 11.6 Å². The van der Waals surface area contributed by atoms with Gasteiger partial charge in [0.15, 0.2) is 0 Å². The highest BCUT2D eigenvalue weighted by Gasteiger charge is 2.29. The number of benzene rings is 13. The van der Waals surface area contributed by atoms with E-state index in [0.29, 0.717) is 11.4 Å². The van der Waals surface area contributed by atoms with Crippen LogP contribution in [-0.4, -0.2) is 0 Å². The Kier molecular flexibility index (Phi) is 10.6. The normalized spacial score (nSPS) is 11.5. The Balaban J connectivity index is 1.12. The Morgan fingerprint density at radius 2 is 0.625 bits per heavy atom. The van der Waals surface area contributed by atoms with E-state index < -0.39 is 0 Å². The molecule has 0 heterocycles. The van der Waals surface area contributed by atoms with E-state index in [4.69, 9.17) is 0 Å². The Morgan fingerprint density at radius 1 is 0.250 bits per heavy atom. The first-order valence-corrected chi connectivity index (χ1v) is 24.3. The van der Waals surface area contributed by atoms with Crippen molar-refractivity contribution < 1.29 is 8.78 Å². The molecule has 13 aromatic carbocycles. The van der Waals surface area contributed by atoms with Gasteiger partial charge in [-0.15, -0.1) is 0 Å². The maximum Gasteiger partial charge on any atom is 0.148 e. The van der Waals surface area contributed by atoms with Crippen LogP contribution >= 0.6 is 0 Å². The number of nitrogens with zero attached hydrogens (tertiary/aromatic N) is 2. The molecule has 0 unspecified atom stereocenters. The fraction of sp³-hybridized carbons (Fsp3) is 0. The van der Waals surface area contributed by atoms with Gasteiger partial charge in [0.2, 0.25) is 0 Å². The number of halogens is 2. The van der Waals surface area contributed by atoms with E-state index in [1.807, 2.05) is 158 Å². The summed E-state index contributed by atoms with van der Waals surface area (Å²) in [4.78, 5) is 4.20. The molecule has 0 bridgehead atoms. The smallest absolute Gasteiger partial charge is 0.148 e. The van der Waals surface area contributed by atoms with E-state index in [9.17, 15) is 0 Å². The molecular formula is C68H44F2N2. The fourth-order valence-electron chi connectivity index (χ4n) is 10.9. The van der Waals surface area contributed by atoms with Crippen molar-refractivity contribution in [2.24, 2.45) is 0 Å². The minimum atomic E-state index is -0.343. The maximum atomic E-state index is 17.9. The van der Waals surface area contributed by atoms with Crippen LogP contribution in [0.5, 0.6) is 0 Å². The van der Waals surface area contributed by atoms with Gasteiger partial charge >= 0.3 is 0 Å². The third kappa shape index (κ3) is 7.23. The molecule has 72 heavy (non-hydrogen) atoms. The van der Waals surface area contributed by atoms with Gasteiger partial charge in [-0.3, -0.25) is 0 Å². The summed E-state index contributed by atoms with van der Waals surface area (Å²) in [5.74, 6) is -0.685. The number of anilines is 6. The summed E-state index contributed by atoms with van der Waals surface area (Å²) >= 11 is 0. The lowest BCUT2D eigenvalue weighted by atomic mass is 9.87. The molecule has 0 saturated heterocycles. The van der Waals surface area contributed by atoms with Crippen LogP contribution in [0.4, 0.5) is 42.9 Å². The van der Waals surface area contributed by atoms with E-state index >= 15 is 8.78 Å². The number of rotatable bonds is 10. The molecule has 0 saturated carbocycles. The van der Waals surface area contributed by atoms with E-state index in [2.05, 4.69) is 107 Å². The Morgan fingerprint density at radius 3 is 1.12 bits per heavy atom. The van der Waals surface area contributed by atoms with Crippen molar-refractivity contribution in [1.82, 2.24) is 0 Å². The minimum Gasteiger partial charge on any atom is -0.307 e. The maximum absolute atomic E-state index is 17.9. The van der Waals surface area contributed by atoms with Crippen molar-refractivity contribution in [2.45, 2.75) is 0 Å². The Hall–Kier alpha value is -9.38. The average Bonchev–Trinajstić information content (AvgIpc) is 3.45. The van der Waals surface area contributed by atoms with Crippen molar-refractivity contribution in [3.05, 3.63) is 279 Å². The minimum absolute atomic E-state index is 0.342. The molecule has 0 aliphatic carbocycles. The summed E-state index contributed by atoms with van der Waals surface area (Å²) in [7, 11) is 0. The van der Waals surface area contributed by atoms with Crippen molar-refractivity contribution in [3.8, 4) is 44.5 Å². The van der Waals surface area contributed by atoms with Crippen LogP contribution in [0.3, 0.4) is 0 Å². The monoisotopic (exact) mass is 926 g/mol. The van der Waals surface area contributed by atoms with Gasteiger partial charge in [-0.1, -0.05) is 206 Å². The molecule has 0 amide bonds. The second kappa shape index (κ2) is 17.9. The predicted octanol–water partition coefficient (Wildman–Crippen LogP) is 19.6. The van der Waals surface area contributed by atoms with Gasteiger partial charge in [0.25, 0.3) is 0 Å². The quantitative estimate of drug-likeness (QED) is 0.0996. The van der Waals surface area contributed by atoms with Crippen molar-refractivity contribution in [3.63, 3.8) is 0 Å². The van der Waals surface area contributed by atoms with Crippen LogP contribution in [0.1, 0.15) is 0 Å². The molecule has 340 valence electrons. The first kappa shape index (κ1) is 42.7. The number of para-hydroxylation sites is 2. The van der Waals surface area contributed by atoms with Crippen molar-refractivity contribution in [2.75, 3.05) is 9.80 Å². The molecule has 13 rings (SSSR count). The van der Waals surface area contributed by atoms with Crippen molar-refractivity contribution in [1.29, 1.82) is 0 Å². The molecule has 0 fully saturated rings. The summed E-state index contributed by atoms with van der Waals surface area (Å²) in [6, 6.07) is 89.5. The average molecular weight is 927 g/mol. The van der Waals surface area contributed by atoms with E-state index in [1.54, 1.807) is 12.1 Å². The Labute approximate surface area is 416 Å². The number of fused-ring (bicyclic) bond motifs is 3. The zero-order valence-corrected chi connectivity index (χ0v) is 39.1. The first-order valence-electron chi connectivity index (χ1n) is 24.3. The SMILES string of the molecule is Fc1cc(-c2ccccc2)cc(-c2ccccc2)c1N(c1ccccc1)c1ccc2c3ccccc3c3c(N(c4ccccc4)c4c(F)cc(-c5ccccc5)cc4-c4ccccc4)ccc4ccc1c2c43. The highest BCUT2D eigenvalue weighted by atomic mass is 19.1. The zero-order valence-electron chi connectivity index (χ0n) is 39.1. The van der Waals surface area contributed by atoms with Crippen molar-refractivity contribution >= 4 is 77.2 Å². The lowest BCUT2D eigenvalue weighted by Crippen LogP contribution is -2.15.